The maximum atomic E-state index is 12.8. The molecule has 0 aliphatic rings. The zero-order valence-corrected chi connectivity index (χ0v) is 14.2. The number of pyridine rings is 1. The predicted molar refractivity (Wildman–Crippen MR) is 94.6 cm³/mol. The van der Waals surface area contributed by atoms with Gasteiger partial charge in [-0.1, -0.05) is 18.7 Å². The third kappa shape index (κ3) is 4.02. The fraction of sp³-hybridized carbons (Fsp3) is 0.167. The predicted octanol–water partition coefficient (Wildman–Crippen LogP) is 3.74. The second-order valence-electron chi connectivity index (χ2n) is 5.13. The van der Waals surface area contributed by atoms with Crippen LogP contribution in [0.15, 0.2) is 36.9 Å². The maximum Gasteiger partial charge on any atom is 0.340 e. The summed E-state index contributed by atoms with van der Waals surface area (Å²) in [7, 11) is 2.88. The number of methoxy groups -OCH3 is 1. The highest BCUT2D eigenvalue weighted by Gasteiger charge is 2.19. The number of hydrogen-bond donors (Lipinski definition) is 2. The fourth-order valence-corrected chi connectivity index (χ4v) is 2.27. The van der Waals surface area contributed by atoms with Crippen molar-refractivity contribution in [3.8, 4) is 0 Å². The number of esters is 1. The lowest BCUT2D eigenvalue weighted by Gasteiger charge is -2.14. The SMILES string of the molecule is C=Cc1cc(NC(=O)c2cccc(C(F)F)n2)c(C(=O)OC)cc1NC. The molecule has 1 heterocycles. The van der Waals surface area contributed by atoms with Crippen molar-refractivity contribution in [2.75, 3.05) is 24.8 Å². The summed E-state index contributed by atoms with van der Waals surface area (Å²) in [5, 5.41) is 5.42. The van der Waals surface area contributed by atoms with Crippen LogP contribution in [0.25, 0.3) is 6.08 Å². The zero-order valence-electron chi connectivity index (χ0n) is 14.2. The van der Waals surface area contributed by atoms with E-state index in [4.69, 9.17) is 4.74 Å². The molecule has 0 aliphatic carbocycles. The highest BCUT2D eigenvalue weighted by Crippen LogP contribution is 2.27. The molecule has 0 spiro atoms. The van der Waals surface area contributed by atoms with Crippen LogP contribution in [0.5, 0.6) is 0 Å². The number of aromatic nitrogens is 1. The van der Waals surface area contributed by atoms with E-state index in [1.54, 1.807) is 7.05 Å². The number of anilines is 2. The summed E-state index contributed by atoms with van der Waals surface area (Å²) in [6.45, 7) is 3.68. The quantitative estimate of drug-likeness (QED) is 0.766. The lowest BCUT2D eigenvalue weighted by atomic mass is 10.1. The standard InChI is InChI=1S/C18H17F2N3O3/c1-4-10-8-15(11(18(25)26-3)9-14(10)21-2)23-17(24)13-7-5-6-12(22-13)16(19)20/h4-9,16,21H,1H2,2-3H3,(H,23,24). The molecule has 0 fully saturated rings. The van der Waals surface area contributed by atoms with Crippen LogP contribution in [0.4, 0.5) is 20.2 Å². The first-order valence-electron chi connectivity index (χ1n) is 7.54. The lowest BCUT2D eigenvalue weighted by molar-refractivity contribution is 0.0602. The Balaban J connectivity index is 2.44. The first-order valence-corrected chi connectivity index (χ1v) is 7.54. The van der Waals surface area contributed by atoms with Crippen molar-refractivity contribution in [2.45, 2.75) is 6.43 Å². The van der Waals surface area contributed by atoms with E-state index < -0.39 is 24.0 Å². The molecule has 0 saturated carbocycles. The van der Waals surface area contributed by atoms with Crippen LogP contribution >= 0.6 is 0 Å². The van der Waals surface area contributed by atoms with Gasteiger partial charge in [0.2, 0.25) is 0 Å². The van der Waals surface area contributed by atoms with E-state index in [9.17, 15) is 18.4 Å². The Morgan fingerprint density at radius 2 is 2.00 bits per heavy atom. The smallest absolute Gasteiger partial charge is 0.340 e. The van der Waals surface area contributed by atoms with Gasteiger partial charge in [-0.15, -0.1) is 0 Å². The summed E-state index contributed by atoms with van der Waals surface area (Å²) in [4.78, 5) is 28.0. The minimum atomic E-state index is -2.80. The average molecular weight is 361 g/mol. The Morgan fingerprint density at radius 1 is 1.27 bits per heavy atom. The van der Waals surface area contributed by atoms with Crippen molar-refractivity contribution in [1.29, 1.82) is 0 Å². The molecule has 1 aromatic heterocycles. The average Bonchev–Trinajstić information content (AvgIpc) is 2.66. The molecular weight excluding hydrogens is 344 g/mol. The molecule has 0 bridgehead atoms. The number of nitrogens with zero attached hydrogens (tertiary/aromatic N) is 1. The molecule has 2 rings (SSSR count). The van der Waals surface area contributed by atoms with Gasteiger partial charge in [0.15, 0.2) is 0 Å². The van der Waals surface area contributed by atoms with Gasteiger partial charge in [-0.05, 0) is 29.8 Å². The molecule has 6 nitrogen and oxygen atoms in total. The molecule has 26 heavy (non-hydrogen) atoms. The highest BCUT2D eigenvalue weighted by molar-refractivity contribution is 6.08. The molecule has 0 aliphatic heterocycles. The Hall–Kier alpha value is -3.29. The minimum absolute atomic E-state index is 0.0980. The highest BCUT2D eigenvalue weighted by atomic mass is 19.3. The van der Waals surface area contributed by atoms with Crippen molar-refractivity contribution in [1.82, 2.24) is 4.98 Å². The molecule has 2 N–H and O–H groups in total. The lowest BCUT2D eigenvalue weighted by Crippen LogP contribution is -2.17. The van der Waals surface area contributed by atoms with Crippen molar-refractivity contribution in [3.05, 3.63) is 59.4 Å². The Kier molecular flexibility index (Phi) is 6.00. The number of nitrogens with one attached hydrogen (secondary N) is 2. The molecule has 1 amide bonds. The van der Waals surface area contributed by atoms with Crippen molar-refractivity contribution in [3.63, 3.8) is 0 Å². The van der Waals surface area contributed by atoms with E-state index in [0.717, 1.165) is 6.07 Å². The van der Waals surface area contributed by atoms with Gasteiger partial charge in [0.25, 0.3) is 12.3 Å². The number of carbonyl (C=O) groups is 2. The van der Waals surface area contributed by atoms with E-state index in [2.05, 4.69) is 22.2 Å². The summed E-state index contributed by atoms with van der Waals surface area (Å²) in [5.74, 6) is -1.40. The molecule has 0 saturated heterocycles. The van der Waals surface area contributed by atoms with Crippen molar-refractivity contribution < 1.29 is 23.1 Å². The van der Waals surface area contributed by atoms with Crippen LogP contribution in [0.1, 0.15) is 38.5 Å². The summed E-state index contributed by atoms with van der Waals surface area (Å²) in [5.41, 5.74) is 0.779. The van der Waals surface area contributed by atoms with Gasteiger partial charge in [-0.2, -0.15) is 0 Å². The van der Waals surface area contributed by atoms with Crippen molar-refractivity contribution >= 4 is 29.3 Å². The second kappa shape index (κ2) is 8.19. The third-order valence-electron chi connectivity index (χ3n) is 3.56. The number of benzene rings is 1. The van der Waals surface area contributed by atoms with Gasteiger partial charge >= 0.3 is 5.97 Å². The van der Waals surface area contributed by atoms with Gasteiger partial charge in [0.1, 0.15) is 11.4 Å². The Labute approximate surface area is 148 Å². The monoisotopic (exact) mass is 361 g/mol. The number of halogens is 2. The first-order chi connectivity index (χ1) is 12.4. The van der Waals surface area contributed by atoms with Crippen LogP contribution in [-0.4, -0.2) is 31.0 Å². The van der Waals surface area contributed by atoms with Crippen LogP contribution in [-0.2, 0) is 4.74 Å². The molecule has 8 heteroatoms. The normalized spacial score (nSPS) is 10.3. The number of carbonyl (C=O) groups excluding carboxylic acids is 2. The van der Waals surface area contributed by atoms with Gasteiger partial charge in [0.05, 0.1) is 18.4 Å². The maximum absolute atomic E-state index is 12.8. The molecule has 0 atom stereocenters. The van der Waals surface area contributed by atoms with Gasteiger partial charge in [-0.25, -0.2) is 18.6 Å². The van der Waals surface area contributed by atoms with Crippen molar-refractivity contribution in [2.24, 2.45) is 0 Å². The van der Waals surface area contributed by atoms with E-state index in [1.807, 2.05) is 0 Å². The van der Waals surface area contributed by atoms with E-state index in [0.29, 0.717) is 11.3 Å². The first kappa shape index (κ1) is 19.0. The van der Waals surface area contributed by atoms with Crippen LogP contribution in [0.3, 0.4) is 0 Å². The number of alkyl halides is 2. The van der Waals surface area contributed by atoms with E-state index >= 15 is 0 Å². The molecule has 0 radical (unpaired) electrons. The van der Waals surface area contributed by atoms with Crippen LogP contribution in [0, 0.1) is 0 Å². The molecule has 1 aromatic carbocycles. The second-order valence-corrected chi connectivity index (χ2v) is 5.13. The summed E-state index contributed by atoms with van der Waals surface area (Å²) in [6, 6.07) is 6.76. The van der Waals surface area contributed by atoms with Gasteiger partial charge < -0.3 is 15.4 Å². The summed E-state index contributed by atoms with van der Waals surface area (Å²) in [6.07, 6.45) is -1.26. The zero-order chi connectivity index (χ0) is 19.3. The van der Waals surface area contributed by atoms with Gasteiger partial charge in [-0.3, -0.25) is 4.79 Å². The molecular formula is C18H17F2N3O3. The Morgan fingerprint density at radius 3 is 2.58 bits per heavy atom. The number of rotatable bonds is 6. The molecule has 136 valence electrons. The van der Waals surface area contributed by atoms with E-state index in [1.165, 1.54) is 37.5 Å². The fourth-order valence-electron chi connectivity index (χ4n) is 2.27. The number of hydrogen-bond acceptors (Lipinski definition) is 5. The Bertz CT molecular complexity index is 854. The van der Waals surface area contributed by atoms with Gasteiger partial charge in [0, 0.05) is 12.7 Å². The third-order valence-corrected chi connectivity index (χ3v) is 3.56. The summed E-state index contributed by atoms with van der Waals surface area (Å²) >= 11 is 0. The number of amides is 1. The van der Waals surface area contributed by atoms with E-state index in [-0.39, 0.29) is 16.9 Å². The summed E-state index contributed by atoms with van der Waals surface area (Å²) < 4.78 is 30.3. The van der Waals surface area contributed by atoms with Crippen LogP contribution in [0.2, 0.25) is 0 Å². The number of ether oxygens (including phenoxy) is 1. The van der Waals surface area contributed by atoms with Crippen LogP contribution < -0.4 is 10.6 Å². The largest absolute Gasteiger partial charge is 0.465 e. The minimum Gasteiger partial charge on any atom is -0.465 e. The molecule has 0 unspecified atom stereocenters. The topological polar surface area (TPSA) is 80.3 Å². The molecule has 2 aromatic rings.